The molecule has 1 aromatic heterocycles. The Balaban J connectivity index is 1.87. The molecule has 0 fully saturated rings. The average Bonchev–Trinajstić information content (AvgIpc) is 3.11. The minimum Gasteiger partial charge on any atom is -0.265 e. The van der Waals surface area contributed by atoms with E-state index in [2.05, 4.69) is 102 Å². The molecule has 1 nitrogen and oxygen atoms in total. The Hall–Kier alpha value is -3.42. The molecule has 5 aromatic rings. The molecule has 0 radical (unpaired) electrons. The Labute approximate surface area is 180 Å². The summed E-state index contributed by atoms with van der Waals surface area (Å²) >= 11 is 6.87. The van der Waals surface area contributed by atoms with E-state index in [-0.39, 0.29) is 0 Å². The maximum absolute atomic E-state index is 6.87. The maximum atomic E-state index is 6.87. The lowest BCUT2D eigenvalue weighted by atomic mass is 9.68. The quantitative estimate of drug-likeness (QED) is 0.296. The first-order valence-corrected chi connectivity index (χ1v) is 10.5. The highest BCUT2D eigenvalue weighted by molar-refractivity contribution is 6.36. The molecule has 0 saturated heterocycles. The lowest BCUT2D eigenvalue weighted by Gasteiger charge is -2.33. The van der Waals surface area contributed by atoms with E-state index >= 15 is 0 Å². The average molecular weight is 404 g/mol. The minimum absolute atomic E-state index is 0.441. The van der Waals surface area contributed by atoms with Crippen LogP contribution in [0.5, 0.6) is 0 Å². The summed E-state index contributed by atoms with van der Waals surface area (Å²) in [6.45, 7) is 0. The van der Waals surface area contributed by atoms with Crippen LogP contribution in [0.3, 0.4) is 0 Å². The highest BCUT2D eigenvalue weighted by Crippen LogP contribution is 2.58. The Bertz CT molecular complexity index is 1350. The summed E-state index contributed by atoms with van der Waals surface area (Å²) in [6.07, 6.45) is 3.76. The predicted molar refractivity (Wildman–Crippen MR) is 124 cm³/mol. The zero-order valence-corrected chi connectivity index (χ0v) is 17.0. The molecular weight excluding hydrogens is 386 g/mol. The number of nitrogens with zero attached hydrogens (tertiary/aromatic N) is 1. The fraction of sp³-hybridized carbons (Fsp3) is 0.0357. The van der Waals surface area contributed by atoms with Crippen molar-refractivity contribution in [3.8, 4) is 11.1 Å². The van der Waals surface area contributed by atoms with Gasteiger partial charge in [0, 0.05) is 22.8 Å². The number of pyridine rings is 1. The summed E-state index contributed by atoms with van der Waals surface area (Å²) in [5, 5.41) is 3.07. The van der Waals surface area contributed by atoms with Crippen LogP contribution in [0.1, 0.15) is 22.3 Å². The number of rotatable bonds is 2. The fourth-order valence-electron chi connectivity index (χ4n) is 5.17. The number of hydrogen-bond donors (Lipinski definition) is 0. The first kappa shape index (κ1) is 17.4. The predicted octanol–water partition coefficient (Wildman–Crippen LogP) is 7.25. The molecule has 30 heavy (non-hydrogen) atoms. The summed E-state index contributed by atoms with van der Waals surface area (Å²) in [5.41, 5.74) is 7.03. The molecule has 0 aliphatic heterocycles. The second-order valence-corrected chi connectivity index (χ2v) is 8.13. The highest BCUT2D eigenvalue weighted by Gasteiger charge is 2.46. The van der Waals surface area contributed by atoms with Gasteiger partial charge >= 0.3 is 0 Å². The molecule has 1 aliphatic rings. The molecule has 4 aromatic carbocycles. The van der Waals surface area contributed by atoms with Crippen molar-refractivity contribution >= 4 is 22.4 Å². The van der Waals surface area contributed by atoms with Gasteiger partial charge in [-0.2, -0.15) is 0 Å². The first-order chi connectivity index (χ1) is 14.8. The zero-order chi connectivity index (χ0) is 20.1. The highest BCUT2D eigenvalue weighted by atomic mass is 35.5. The standard InChI is InChI=1S/C28H18ClN/c29-26-18-25-27(22-11-5-4-10-21(22)26)23-12-6-7-13-24(23)28(25,19-8-2-1-3-9-19)20-14-16-30-17-15-20/h1-18H. The fourth-order valence-corrected chi connectivity index (χ4v) is 5.44. The smallest absolute Gasteiger partial charge is 0.0715 e. The van der Waals surface area contributed by atoms with Gasteiger partial charge in [0.05, 0.1) is 5.41 Å². The second kappa shape index (κ2) is 6.55. The normalized spacial score (nSPS) is 17.0. The van der Waals surface area contributed by atoms with Crippen LogP contribution in [0.25, 0.3) is 21.9 Å². The number of aromatic nitrogens is 1. The van der Waals surface area contributed by atoms with E-state index < -0.39 is 5.41 Å². The molecule has 142 valence electrons. The van der Waals surface area contributed by atoms with Crippen molar-refractivity contribution in [2.45, 2.75) is 5.41 Å². The van der Waals surface area contributed by atoms with Gasteiger partial charge in [0.25, 0.3) is 0 Å². The molecule has 1 aliphatic carbocycles. The van der Waals surface area contributed by atoms with Gasteiger partial charge in [-0.1, -0.05) is 90.5 Å². The molecule has 6 rings (SSSR count). The molecule has 1 heterocycles. The van der Waals surface area contributed by atoms with Gasteiger partial charge < -0.3 is 0 Å². The number of fused-ring (bicyclic) bond motifs is 5. The van der Waals surface area contributed by atoms with Gasteiger partial charge in [-0.15, -0.1) is 0 Å². The van der Waals surface area contributed by atoms with Crippen LogP contribution in [0.4, 0.5) is 0 Å². The molecular formula is C28H18ClN. The summed E-state index contributed by atoms with van der Waals surface area (Å²) in [6, 6.07) is 34.3. The van der Waals surface area contributed by atoms with Crippen molar-refractivity contribution < 1.29 is 0 Å². The molecule has 0 bridgehead atoms. The van der Waals surface area contributed by atoms with Gasteiger partial charge in [-0.25, -0.2) is 0 Å². The number of hydrogen-bond acceptors (Lipinski definition) is 1. The third-order valence-corrected chi connectivity index (χ3v) is 6.63. The second-order valence-electron chi connectivity index (χ2n) is 7.72. The van der Waals surface area contributed by atoms with Crippen molar-refractivity contribution in [1.29, 1.82) is 0 Å². The zero-order valence-electron chi connectivity index (χ0n) is 16.2. The minimum atomic E-state index is -0.441. The lowest BCUT2D eigenvalue weighted by Crippen LogP contribution is -2.28. The topological polar surface area (TPSA) is 12.9 Å². The van der Waals surface area contributed by atoms with E-state index in [4.69, 9.17) is 11.6 Å². The summed E-state index contributed by atoms with van der Waals surface area (Å²) in [7, 11) is 0. The monoisotopic (exact) mass is 403 g/mol. The third-order valence-electron chi connectivity index (χ3n) is 6.32. The van der Waals surface area contributed by atoms with Crippen LogP contribution < -0.4 is 0 Å². The van der Waals surface area contributed by atoms with E-state index in [1.54, 1.807) is 0 Å². The Morgan fingerprint density at radius 1 is 0.600 bits per heavy atom. The summed E-state index contributed by atoms with van der Waals surface area (Å²) in [5.74, 6) is 0. The lowest BCUT2D eigenvalue weighted by molar-refractivity contribution is 0.767. The van der Waals surface area contributed by atoms with Crippen LogP contribution in [0, 0.1) is 0 Å². The van der Waals surface area contributed by atoms with Gasteiger partial charge in [-0.3, -0.25) is 4.98 Å². The van der Waals surface area contributed by atoms with Crippen LogP contribution in [-0.4, -0.2) is 4.98 Å². The van der Waals surface area contributed by atoms with E-state index in [9.17, 15) is 0 Å². The largest absolute Gasteiger partial charge is 0.265 e. The number of benzene rings is 4. The molecule has 0 N–H and O–H groups in total. The van der Waals surface area contributed by atoms with Crippen molar-refractivity contribution in [3.05, 3.63) is 137 Å². The van der Waals surface area contributed by atoms with Crippen molar-refractivity contribution in [3.63, 3.8) is 0 Å². The van der Waals surface area contributed by atoms with Crippen molar-refractivity contribution in [1.82, 2.24) is 4.98 Å². The summed E-state index contributed by atoms with van der Waals surface area (Å²) in [4.78, 5) is 4.29. The first-order valence-electron chi connectivity index (χ1n) is 10.1. The van der Waals surface area contributed by atoms with E-state index in [1.165, 1.54) is 38.8 Å². The molecule has 0 spiro atoms. The van der Waals surface area contributed by atoms with Crippen LogP contribution in [0.2, 0.25) is 5.02 Å². The maximum Gasteiger partial charge on any atom is 0.0715 e. The van der Waals surface area contributed by atoms with Crippen LogP contribution in [-0.2, 0) is 5.41 Å². The Morgan fingerprint density at radius 2 is 1.23 bits per heavy atom. The molecule has 0 saturated carbocycles. The Morgan fingerprint density at radius 3 is 2.03 bits per heavy atom. The molecule has 2 heteroatoms. The molecule has 1 atom stereocenters. The molecule has 1 unspecified atom stereocenters. The SMILES string of the molecule is Clc1cc2c(c3ccccc13)-c1ccccc1C2(c1ccccc1)c1ccncc1. The van der Waals surface area contributed by atoms with Gasteiger partial charge in [0.2, 0.25) is 0 Å². The van der Waals surface area contributed by atoms with Crippen molar-refractivity contribution in [2.24, 2.45) is 0 Å². The number of halogens is 1. The van der Waals surface area contributed by atoms with Crippen LogP contribution >= 0.6 is 11.6 Å². The van der Waals surface area contributed by atoms with E-state index in [0.717, 1.165) is 10.4 Å². The van der Waals surface area contributed by atoms with E-state index in [1.807, 2.05) is 12.4 Å². The van der Waals surface area contributed by atoms with Crippen molar-refractivity contribution in [2.75, 3.05) is 0 Å². The third kappa shape index (κ3) is 2.21. The van der Waals surface area contributed by atoms with Crippen LogP contribution in [0.15, 0.2) is 109 Å². The van der Waals surface area contributed by atoms with E-state index in [0.29, 0.717) is 0 Å². The van der Waals surface area contributed by atoms with Gasteiger partial charge in [0.1, 0.15) is 0 Å². The molecule has 0 amide bonds. The van der Waals surface area contributed by atoms with Gasteiger partial charge in [0.15, 0.2) is 0 Å². The Kier molecular flexibility index (Phi) is 3.81. The van der Waals surface area contributed by atoms with Gasteiger partial charge in [-0.05, 0) is 57.0 Å². The summed E-state index contributed by atoms with van der Waals surface area (Å²) < 4.78 is 0.